The second kappa shape index (κ2) is 9.17. The van der Waals surface area contributed by atoms with Gasteiger partial charge in [0.2, 0.25) is 0 Å². The van der Waals surface area contributed by atoms with E-state index in [9.17, 15) is 18.4 Å². The molecule has 0 fully saturated rings. The normalized spacial score (nSPS) is 10.5. The van der Waals surface area contributed by atoms with Gasteiger partial charge in [0.25, 0.3) is 5.91 Å². The molecule has 0 saturated carbocycles. The zero-order valence-corrected chi connectivity index (χ0v) is 16.1. The lowest BCUT2D eigenvalue weighted by molar-refractivity contribution is -0.136. The number of halogens is 2. The van der Waals surface area contributed by atoms with Gasteiger partial charge < -0.3 is 15.2 Å². The summed E-state index contributed by atoms with van der Waals surface area (Å²) in [6, 6.07) is 14.8. The van der Waals surface area contributed by atoms with Crippen molar-refractivity contribution in [2.75, 3.05) is 5.32 Å². The molecule has 0 spiro atoms. The van der Waals surface area contributed by atoms with Crippen molar-refractivity contribution in [1.82, 2.24) is 0 Å². The molecule has 3 aromatic rings. The molecule has 0 saturated heterocycles. The minimum Gasteiger partial charge on any atom is -0.489 e. The molecule has 3 rings (SSSR count). The molecular formula is C23H19F2NO4. The molecule has 154 valence electrons. The zero-order chi connectivity index (χ0) is 21.7. The average molecular weight is 411 g/mol. The second-order valence-electron chi connectivity index (χ2n) is 6.73. The van der Waals surface area contributed by atoms with Gasteiger partial charge in [0.05, 0.1) is 12.1 Å². The quantitative estimate of drug-likeness (QED) is 0.589. The standard InChI is InChI=1S/C23H19F2NO4/c1-14-5-7-18(30-13-16-3-2-4-17(24)9-16)12-19(14)23(29)26-21-8-6-15(10-20(21)25)11-22(27)28/h2-10,12H,11,13H2,1H3,(H,26,29)(H,27,28). The Morgan fingerprint density at radius 2 is 1.80 bits per heavy atom. The number of aryl methyl sites for hydroxylation is 1. The monoisotopic (exact) mass is 411 g/mol. The first-order chi connectivity index (χ1) is 14.3. The number of amides is 1. The number of carboxylic acid groups (broad SMARTS) is 1. The molecular weight excluding hydrogens is 392 g/mol. The van der Waals surface area contributed by atoms with E-state index < -0.39 is 17.7 Å². The molecule has 0 unspecified atom stereocenters. The van der Waals surface area contributed by atoms with Crippen LogP contribution in [0.4, 0.5) is 14.5 Å². The summed E-state index contributed by atoms with van der Waals surface area (Å²) in [6.45, 7) is 1.86. The van der Waals surface area contributed by atoms with E-state index in [2.05, 4.69) is 5.32 Å². The first-order valence-electron chi connectivity index (χ1n) is 9.11. The third kappa shape index (κ3) is 5.41. The number of carbonyl (C=O) groups is 2. The van der Waals surface area contributed by atoms with Crippen LogP contribution in [0.1, 0.15) is 27.0 Å². The van der Waals surface area contributed by atoms with Gasteiger partial charge in [-0.2, -0.15) is 0 Å². The number of nitrogens with one attached hydrogen (secondary N) is 1. The van der Waals surface area contributed by atoms with Crippen LogP contribution in [0.15, 0.2) is 60.7 Å². The molecule has 0 aromatic heterocycles. The number of benzene rings is 3. The Kier molecular flexibility index (Phi) is 6.41. The highest BCUT2D eigenvalue weighted by Crippen LogP contribution is 2.22. The average Bonchev–Trinajstić information content (AvgIpc) is 2.69. The largest absolute Gasteiger partial charge is 0.489 e. The summed E-state index contributed by atoms with van der Waals surface area (Å²) in [4.78, 5) is 23.4. The van der Waals surface area contributed by atoms with E-state index in [0.717, 1.165) is 6.07 Å². The maximum atomic E-state index is 14.2. The summed E-state index contributed by atoms with van der Waals surface area (Å²) in [6.07, 6.45) is -0.311. The van der Waals surface area contributed by atoms with Gasteiger partial charge >= 0.3 is 5.97 Å². The molecule has 0 heterocycles. The van der Waals surface area contributed by atoms with Crippen molar-refractivity contribution in [3.63, 3.8) is 0 Å². The Morgan fingerprint density at radius 3 is 2.50 bits per heavy atom. The SMILES string of the molecule is Cc1ccc(OCc2cccc(F)c2)cc1C(=O)Nc1ccc(CC(=O)O)cc1F. The Morgan fingerprint density at radius 1 is 1.00 bits per heavy atom. The van der Waals surface area contributed by atoms with Crippen LogP contribution < -0.4 is 10.1 Å². The molecule has 5 nitrogen and oxygen atoms in total. The molecule has 0 radical (unpaired) electrons. The fraction of sp³-hybridized carbons (Fsp3) is 0.130. The second-order valence-corrected chi connectivity index (χ2v) is 6.73. The maximum Gasteiger partial charge on any atom is 0.307 e. The lowest BCUT2D eigenvalue weighted by Crippen LogP contribution is -2.15. The fourth-order valence-corrected chi connectivity index (χ4v) is 2.86. The number of aliphatic carboxylic acids is 1. The summed E-state index contributed by atoms with van der Waals surface area (Å²) in [5.41, 5.74) is 1.83. The molecule has 0 bridgehead atoms. The molecule has 2 N–H and O–H groups in total. The lowest BCUT2D eigenvalue weighted by atomic mass is 10.1. The van der Waals surface area contributed by atoms with Crippen molar-refractivity contribution >= 4 is 17.6 Å². The van der Waals surface area contributed by atoms with Gasteiger partial charge in [0, 0.05) is 5.56 Å². The molecule has 0 aliphatic carbocycles. The molecule has 1 amide bonds. The Hall–Kier alpha value is -3.74. The van der Waals surface area contributed by atoms with E-state index in [1.165, 1.54) is 30.3 Å². The summed E-state index contributed by atoms with van der Waals surface area (Å²) in [5.74, 6) is -2.28. The Labute approximate surface area is 171 Å². The van der Waals surface area contributed by atoms with Crippen LogP contribution >= 0.6 is 0 Å². The first-order valence-corrected chi connectivity index (χ1v) is 9.11. The molecule has 3 aromatic carbocycles. The van der Waals surface area contributed by atoms with Crippen molar-refractivity contribution in [2.45, 2.75) is 20.0 Å². The van der Waals surface area contributed by atoms with Crippen molar-refractivity contribution in [3.05, 3.63) is 94.6 Å². The Bertz CT molecular complexity index is 1100. The maximum absolute atomic E-state index is 14.2. The third-order valence-electron chi connectivity index (χ3n) is 4.39. The first kappa shape index (κ1) is 21.0. The number of carboxylic acids is 1. The van der Waals surface area contributed by atoms with Crippen LogP contribution in [-0.2, 0) is 17.8 Å². The summed E-state index contributed by atoms with van der Waals surface area (Å²) in [5, 5.41) is 11.3. The minimum absolute atomic E-state index is 0.0559. The number of carbonyl (C=O) groups excluding carboxylic acids is 1. The summed E-state index contributed by atoms with van der Waals surface area (Å²) < 4.78 is 33.2. The lowest BCUT2D eigenvalue weighted by Gasteiger charge is -2.12. The van der Waals surface area contributed by atoms with Gasteiger partial charge in [0.15, 0.2) is 0 Å². The van der Waals surface area contributed by atoms with E-state index in [1.54, 1.807) is 31.2 Å². The van der Waals surface area contributed by atoms with E-state index >= 15 is 0 Å². The highest BCUT2D eigenvalue weighted by Gasteiger charge is 2.14. The van der Waals surface area contributed by atoms with E-state index in [4.69, 9.17) is 9.84 Å². The van der Waals surface area contributed by atoms with Gasteiger partial charge in [-0.05, 0) is 60.0 Å². The molecule has 7 heteroatoms. The predicted molar refractivity (Wildman–Crippen MR) is 108 cm³/mol. The molecule has 0 aliphatic rings. The fourth-order valence-electron chi connectivity index (χ4n) is 2.86. The van der Waals surface area contributed by atoms with Crippen LogP contribution in [0, 0.1) is 18.6 Å². The van der Waals surface area contributed by atoms with Crippen molar-refractivity contribution < 1.29 is 28.2 Å². The van der Waals surface area contributed by atoms with Crippen LogP contribution in [-0.4, -0.2) is 17.0 Å². The number of hydrogen-bond donors (Lipinski definition) is 2. The molecule has 30 heavy (non-hydrogen) atoms. The third-order valence-corrected chi connectivity index (χ3v) is 4.39. The summed E-state index contributed by atoms with van der Waals surface area (Å²) in [7, 11) is 0. The van der Waals surface area contributed by atoms with E-state index in [1.807, 2.05) is 0 Å². The van der Waals surface area contributed by atoms with Crippen molar-refractivity contribution in [1.29, 1.82) is 0 Å². The number of hydrogen-bond acceptors (Lipinski definition) is 3. The van der Waals surface area contributed by atoms with Gasteiger partial charge in [-0.25, -0.2) is 8.78 Å². The van der Waals surface area contributed by atoms with Crippen LogP contribution in [0.25, 0.3) is 0 Å². The number of rotatable bonds is 7. The van der Waals surface area contributed by atoms with Crippen molar-refractivity contribution in [3.8, 4) is 5.75 Å². The van der Waals surface area contributed by atoms with E-state index in [-0.39, 0.29) is 24.5 Å². The van der Waals surface area contributed by atoms with Gasteiger partial charge in [0.1, 0.15) is 24.0 Å². The number of anilines is 1. The highest BCUT2D eigenvalue weighted by atomic mass is 19.1. The van der Waals surface area contributed by atoms with Gasteiger partial charge in [-0.3, -0.25) is 9.59 Å². The smallest absolute Gasteiger partial charge is 0.307 e. The van der Waals surface area contributed by atoms with Gasteiger partial charge in [-0.1, -0.05) is 24.3 Å². The summed E-state index contributed by atoms with van der Waals surface area (Å²) >= 11 is 0. The van der Waals surface area contributed by atoms with Crippen LogP contribution in [0.2, 0.25) is 0 Å². The highest BCUT2D eigenvalue weighted by molar-refractivity contribution is 6.05. The van der Waals surface area contributed by atoms with Crippen LogP contribution in [0.5, 0.6) is 5.75 Å². The predicted octanol–water partition coefficient (Wildman–Crippen LogP) is 4.73. The topological polar surface area (TPSA) is 75.6 Å². The molecule has 0 aliphatic heterocycles. The van der Waals surface area contributed by atoms with E-state index in [0.29, 0.717) is 28.0 Å². The molecule has 0 atom stereocenters. The minimum atomic E-state index is -1.07. The zero-order valence-electron chi connectivity index (χ0n) is 16.1. The van der Waals surface area contributed by atoms with Gasteiger partial charge in [-0.15, -0.1) is 0 Å². The van der Waals surface area contributed by atoms with Crippen molar-refractivity contribution in [2.24, 2.45) is 0 Å². The number of ether oxygens (including phenoxy) is 1. The van der Waals surface area contributed by atoms with Crippen LogP contribution in [0.3, 0.4) is 0 Å². The Balaban J connectivity index is 1.72.